The first kappa shape index (κ1) is 16.0. The predicted molar refractivity (Wildman–Crippen MR) is 102 cm³/mol. The first-order chi connectivity index (χ1) is 12.3. The van der Waals surface area contributed by atoms with Crippen LogP contribution in [-0.4, -0.2) is 35.8 Å². The van der Waals surface area contributed by atoms with E-state index >= 15 is 0 Å². The highest BCUT2D eigenvalue weighted by Gasteiger charge is 2.18. The van der Waals surface area contributed by atoms with E-state index in [9.17, 15) is 5.11 Å². The lowest BCUT2D eigenvalue weighted by Gasteiger charge is -2.26. The van der Waals surface area contributed by atoms with Gasteiger partial charge in [-0.3, -0.25) is 0 Å². The SMILES string of the molecule is CCOc1cc2nc3ccccc3c(NC3CCNCC3)c2cc1O. The molecule has 0 amide bonds. The lowest BCUT2D eigenvalue weighted by Crippen LogP contribution is -2.35. The molecule has 0 unspecified atom stereocenters. The molecule has 0 spiro atoms. The van der Waals surface area contributed by atoms with E-state index in [0.717, 1.165) is 53.4 Å². The Kier molecular flexibility index (Phi) is 4.32. The quantitative estimate of drug-likeness (QED) is 0.634. The van der Waals surface area contributed by atoms with Crippen molar-refractivity contribution in [2.45, 2.75) is 25.8 Å². The zero-order valence-corrected chi connectivity index (χ0v) is 14.4. The van der Waals surface area contributed by atoms with Crippen molar-refractivity contribution in [1.29, 1.82) is 0 Å². The fourth-order valence-electron chi connectivity index (χ4n) is 3.50. The Morgan fingerprint density at radius 3 is 2.76 bits per heavy atom. The van der Waals surface area contributed by atoms with Crippen molar-refractivity contribution < 1.29 is 9.84 Å². The van der Waals surface area contributed by atoms with Gasteiger partial charge in [0, 0.05) is 22.9 Å². The second-order valence-electron chi connectivity index (χ2n) is 6.44. The third-order valence-electron chi connectivity index (χ3n) is 4.75. The van der Waals surface area contributed by atoms with Gasteiger partial charge in [0.15, 0.2) is 11.5 Å². The zero-order valence-electron chi connectivity index (χ0n) is 14.4. The van der Waals surface area contributed by atoms with Gasteiger partial charge in [-0.25, -0.2) is 4.98 Å². The molecule has 1 fully saturated rings. The summed E-state index contributed by atoms with van der Waals surface area (Å²) >= 11 is 0. The first-order valence-electron chi connectivity index (χ1n) is 8.92. The Labute approximate surface area is 147 Å². The van der Waals surface area contributed by atoms with Crippen molar-refractivity contribution in [2.75, 3.05) is 25.0 Å². The minimum atomic E-state index is 0.153. The van der Waals surface area contributed by atoms with E-state index in [1.807, 2.05) is 31.2 Å². The molecule has 0 bridgehead atoms. The molecule has 1 saturated heterocycles. The van der Waals surface area contributed by atoms with E-state index in [1.165, 1.54) is 0 Å². The lowest BCUT2D eigenvalue weighted by molar-refractivity contribution is 0.319. The second kappa shape index (κ2) is 6.76. The van der Waals surface area contributed by atoms with Crippen LogP contribution in [0, 0.1) is 0 Å². The maximum absolute atomic E-state index is 10.4. The van der Waals surface area contributed by atoms with Crippen LogP contribution in [0.15, 0.2) is 36.4 Å². The summed E-state index contributed by atoms with van der Waals surface area (Å²) in [5, 5.41) is 19.5. The number of para-hydroxylation sites is 1. The number of hydrogen-bond donors (Lipinski definition) is 3. The number of aromatic nitrogens is 1. The van der Waals surface area contributed by atoms with Crippen LogP contribution in [0.2, 0.25) is 0 Å². The molecule has 0 radical (unpaired) electrons. The molecule has 5 heteroatoms. The number of phenols is 1. The number of ether oxygens (including phenoxy) is 1. The number of phenolic OH excluding ortho intramolecular Hbond substituents is 1. The fraction of sp³-hybridized carbons (Fsp3) is 0.350. The van der Waals surface area contributed by atoms with E-state index < -0.39 is 0 Å². The Morgan fingerprint density at radius 1 is 1.16 bits per heavy atom. The Balaban J connectivity index is 1.89. The van der Waals surface area contributed by atoms with Gasteiger partial charge in [0.25, 0.3) is 0 Å². The molecule has 1 aliphatic heterocycles. The summed E-state index contributed by atoms with van der Waals surface area (Å²) in [6.45, 7) is 4.46. The van der Waals surface area contributed by atoms with Crippen LogP contribution < -0.4 is 15.4 Å². The summed E-state index contributed by atoms with van der Waals surface area (Å²) in [4.78, 5) is 4.77. The number of nitrogens with one attached hydrogen (secondary N) is 2. The maximum Gasteiger partial charge on any atom is 0.163 e. The number of hydrogen-bond acceptors (Lipinski definition) is 5. The molecule has 2 heterocycles. The third-order valence-corrected chi connectivity index (χ3v) is 4.75. The third kappa shape index (κ3) is 3.07. The average Bonchev–Trinajstić information content (AvgIpc) is 2.64. The van der Waals surface area contributed by atoms with E-state index in [2.05, 4.69) is 16.7 Å². The molecule has 5 nitrogen and oxygen atoms in total. The van der Waals surface area contributed by atoms with Gasteiger partial charge >= 0.3 is 0 Å². The van der Waals surface area contributed by atoms with E-state index in [1.54, 1.807) is 6.07 Å². The monoisotopic (exact) mass is 337 g/mol. The summed E-state index contributed by atoms with van der Waals surface area (Å²) in [6.07, 6.45) is 2.17. The minimum Gasteiger partial charge on any atom is -0.504 e. The van der Waals surface area contributed by atoms with Gasteiger partial charge < -0.3 is 20.5 Å². The largest absolute Gasteiger partial charge is 0.504 e. The highest BCUT2D eigenvalue weighted by molar-refractivity contribution is 6.08. The number of benzene rings is 2. The topological polar surface area (TPSA) is 66.4 Å². The summed E-state index contributed by atoms with van der Waals surface area (Å²) in [5.41, 5.74) is 2.82. The summed E-state index contributed by atoms with van der Waals surface area (Å²) in [5.74, 6) is 0.630. The van der Waals surface area contributed by atoms with Gasteiger partial charge in [0.1, 0.15) is 0 Å². The smallest absolute Gasteiger partial charge is 0.163 e. The Bertz CT molecular complexity index is 904. The number of piperidine rings is 1. The number of fused-ring (bicyclic) bond motifs is 2. The molecular weight excluding hydrogens is 314 g/mol. The Morgan fingerprint density at radius 2 is 1.96 bits per heavy atom. The second-order valence-corrected chi connectivity index (χ2v) is 6.44. The molecule has 2 aromatic carbocycles. The van der Waals surface area contributed by atoms with Crippen molar-refractivity contribution in [2.24, 2.45) is 0 Å². The van der Waals surface area contributed by atoms with Crippen molar-refractivity contribution in [3.63, 3.8) is 0 Å². The van der Waals surface area contributed by atoms with Crippen molar-refractivity contribution in [3.05, 3.63) is 36.4 Å². The van der Waals surface area contributed by atoms with Crippen LogP contribution in [0.1, 0.15) is 19.8 Å². The van der Waals surface area contributed by atoms with Crippen LogP contribution in [-0.2, 0) is 0 Å². The number of pyridine rings is 1. The average molecular weight is 337 g/mol. The van der Waals surface area contributed by atoms with Gasteiger partial charge in [0.2, 0.25) is 0 Å². The molecule has 0 saturated carbocycles. The van der Waals surface area contributed by atoms with Crippen LogP contribution in [0.4, 0.5) is 5.69 Å². The molecule has 0 aliphatic carbocycles. The standard InChI is InChI=1S/C20H23N3O2/c1-2-25-19-12-17-15(11-18(19)24)20(22-13-7-9-21-10-8-13)14-5-3-4-6-16(14)23-17/h3-6,11-13,21,24H,2,7-10H2,1H3,(H,22,23). The number of anilines is 1. The predicted octanol–water partition coefficient (Wildman–Crippen LogP) is 3.66. The van der Waals surface area contributed by atoms with Gasteiger partial charge in [-0.15, -0.1) is 0 Å². The summed E-state index contributed by atoms with van der Waals surface area (Å²) in [6, 6.07) is 12.1. The van der Waals surface area contributed by atoms with Gasteiger partial charge in [-0.1, -0.05) is 18.2 Å². The van der Waals surface area contributed by atoms with E-state index in [-0.39, 0.29) is 5.75 Å². The fourth-order valence-corrected chi connectivity index (χ4v) is 3.50. The number of aromatic hydroxyl groups is 1. The van der Waals surface area contributed by atoms with Crippen LogP contribution in [0.25, 0.3) is 21.8 Å². The maximum atomic E-state index is 10.4. The minimum absolute atomic E-state index is 0.153. The zero-order chi connectivity index (χ0) is 17.2. The van der Waals surface area contributed by atoms with Crippen LogP contribution in [0.3, 0.4) is 0 Å². The number of rotatable bonds is 4. The molecule has 25 heavy (non-hydrogen) atoms. The van der Waals surface area contributed by atoms with Crippen LogP contribution >= 0.6 is 0 Å². The van der Waals surface area contributed by atoms with Crippen molar-refractivity contribution in [3.8, 4) is 11.5 Å². The van der Waals surface area contributed by atoms with Gasteiger partial charge in [-0.05, 0) is 45.0 Å². The molecule has 1 aliphatic rings. The van der Waals surface area contributed by atoms with Crippen molar-refractivity contribution in [1.82, 2.24) is 10.3 Å². The van der Waals surface area contributed by atoms with Gasteiger partial charge in [0.05, 0.1) is 23.3 Å². The molecule has 0 atom stereocenters. The molecule has 3 aromatic rings. The highest BCUT2D eigenvalue weighted by atomic mass is 16.5. The molecule has 3 N–H and O–H groups in total. The summed E-state index contributed by atoms with van der Waals surface area (Å²) in [7, 11) is 0. The normalized spacial score (nSPS) is 15.6. The molecule has 130 valence electrons. The number of nitrogens with zero attached hydrogens (tertiary/aromatic N) is 1. The summed E-state index contributed by atoms with van der Waals surface area (Å²) < 4.78 is 5.53. The lowest BCUT2D eigenvalue weighted by atomic mass is 10.0. The van der Waals surface area contributed by atoms with E-state index in [0.29, 0.717) is 18.4 Å². The molecule has 4 rings (SSSR count). The van der Waals surface area contributed by atoms with Crippen molar-refractivity contribution >= 4 is 27.5 Å². The molecular formula is C20H23N3O2. The highest BCUT2D eigenvalue weighted by Crippen LogP contribution is 2.38. The van der Waals surface area contributed by atoms with Gasteiger partial charge in [-0.2, -0.15) is 0 Å². The first-order valence-corrected chi connectivity index (χ1v) is 8.92. The Hall–Kier alpha value is -2.53. The molecule has 1 aromatic heterocycles. The van der Waals surface area contributed by atoms with Crippen LogP contribution in [0.5, 0.6) is 11.5 Å². The van der Waals surface area contributed by atoms with E-state index in [4.69, 9.17) is 9.72 Å².